The van der Waals surface area contributed by atoms with E-state index in [1.165, 1.54) is 11.3 Å². The van der Waals surface area contributed by atoms with E-state index in [9.17, 15) is 4.79 Å². The number of ether oxygens (including phenoxy) is 1. The van der Waals surface area contributed by atoms with Crippen molar-refractivity contribution >= 4 is 28.8 Å². The van der Waals surface area contributed by atoms with Gasteiger partial charge in [-0.05, 0) is 29.6 Å². The molecule has 0 aliphatic carbocycles. The Balaban J connectivity index is 1.55. The van der Waals surface area contributed by atoms with Crippen molar-refractivity contribution in [1.29, 1.82) is 0 Å². The zero-order valence-electron chi connectivity index (χ0n) is 12.9. The zero-order valence-corrected chi connectivity index (χ0v) is 14.5. The lowest BCUT2D eigenvalue weighted by Crippen LogP contribution is -2.31. The number of carbonyl (C=O) groups excluding carboxylic acids is 1. The number of nitrogens with zero attached hydrogens (tertiary/aromatic N) is 2. The third kappa shape index (κ3) is 3.96. The molecule has 2 aromatic heterocycles. The Morgan fingerprint density at radius 3 is 2.96 bits per heavy atom. The van der Waals surface area contributed by atoms with Crippen molar-refractivity contribution in [1.82, 2.24) is 10.1 Å². The fourth-order valence-electron chi connectivity index (χ4n) is 2.07. The number of aromatic nitrogens is 1. The molecule has 0 unspecified atom stereocenters. The number of thiophene rings is 1. The molecule has 1 aromatic carbocycles. The first kappa shape index (κ1) is 16.5. The summed E-state index contributed by atoms with van der Waals surface area (Å²) in [6, 6.07) is 12.6. The number of rotatable bonds is 6. The van der Waals surface area contributed by atoms with Gasteiger partial charge < -0.3 is 14.2 Å². The minimum atomic E-state index is -0.212. The third-order valence-electron chi connectivity index (χ3n) is 3.33. The van der Waals surface area contributed by atoms with Gasteiger partial charge in [-0.3, -0.25) is 4.79 Å². The van der Waals surface area contributed by atoms with E-state index in [-0.39, 0.29) is 11.6 Å². The second kappa shape index (κ2) is 7.51. The second-order valence-electron chi connectivity index (χ2n) is 5.09. The Bertz CT molecular complexity index is 817. The van der Waals surface area contributed by atoms with Crippen molar-refractivity contribution in [3.05, 3.63) is 58.6 Å². The average Bonchev–Trinajstić information content (AvgIpc) is 3.25. The standard InChI is InChI=1S/C17H15ClN2O3S/c1-20(7-8-22-13-5-2-4-12(18)10-13)17(21)14-11-15(23-19-14)16-6-3-9-24-16/h2-6,9-11H,7-8H2,1H3. The van der Waals surface area contributed by atoms with E-state index in [0.717, 1.165) is 4.88 Å². The lowest BCUT2D eigenvalue weighted by Gasteiger charge is -2.16. The van der Waals surface area contributed by atoms with Crippen LogP contribution < -0.4 is 4.74 Å². The van der Waals surface area contributed by atoms with Crippen LogP contribution in [0.15, 0.2) is 52.4 Å². The Morgan fingerprint density at radius 2 is 2.21 bits per heavy atom. The predicted octanol–water partition coefficient (Wildman–Crippen LogP) is 4.21. The Hall–Kier alpha value is -2.31. The van der Waals surface area contributed by atoms with E-state index in [1.807, 2.05) is 29.6 Å². The van der Waals surface area contributed by atoms with Gasteiger partial charge in [0.2, 0.25) is 0 Å². The number of halogens is 1. The Kier molecular flexibility index (Phi) is 5.17. The molecule has 0 aliphatic rings. The highest BCUT2D eigenvalue weighted by Gasteiger charge is 2.18. The number of hydrogen-bond donors (Lipinski definition) is 0. The summed E-state index contributed by atoms with van der Waals surface area (Å²) in [6.45, 7) is 0.782. The number of likely N-dealkylation sites (N-methyl/N-ethyl adjacent to an activating group) is 1. The number of carbonyl (C=O) groups is 1. The molecule has 0 fully saturated rings. The largest absolute Gasteiger partial charge is 0.492 e. The molecule has 0 aliphatic heterocycles. The van der Waals surface area contributed by atoms with Crippen LogP contribution in [0.4, 0.5) is 0 Å². The predicted molar refractivity (Wildman–Crippen MR) is 93.7 cm³/mol. The van der Waals surface area contributed by atoms with Gasteiger partial charge in [0.05, 0.1) is 11.4 Å². The number of benzene rings is 1. The highest BCUT2D eigenvalue weighted by Crippen LogP contribution is 2.25. The van der Waals surface area contributed by atoms with E-state index < -0.39 is 0 Å². The maximum absolute atomic E-state index is 12.4. The quantitative estimate of drug-likeness (QED) is 0.659. The van der Waals surface area contributed by atoms with E-state index in [1.54, 1.807) is 30.1 Å². The molecule has 124 valence electrons. The Morgan fingerprint density at radius 1 is 1.33 bits per heavy atom. The highest BCUT2D eigenvalue weighted by atomic mass is 35.5. The molecule has 0 radical (unpaired) electrons. The van der Waals surface area contributed by atoms with Crippen LogP contribution in [0, 0.1) is 0 Å². The molecule has 1 amide bonds. The molecule has 0 saturated heterocycles. The van der Waals surface area contributed by atoms with Gasteiger partial charge in [-0.15, -0.1) is 11.3 Å². The summed E-state index contributed by atoms with van der Waals surface area (Å²) in [5.74, 6) is 1.05. The van der Waals surface area contributed by atoms with E-state index in [4.69, 9.17) is 20.9 Å². The van der Waals surface area contributed by atoms with Crippen LogP contribution in [0.5, 0.6) is 5.75 Å². The minimum absolute atomic E-state index is 0.212. The molecule has 7 heteroatoms. The maximum Gasteiger partial charge on any atom is 0.275 e. The molecule has 5 nitrogen and oxygen atoms in total. The van der Waals surface area contributed by atoms with Crippen molar-refractivity contribution < 1.29 is 14.1 Å². The van der Waals surface area contributed by atoms with E-state index >= 15 is 0 Å². The molecular weight excluding hydrogens is 348 g/mol. The molecule has 0 saturated carbocycles. The highest BCUT2D eigenvalue weighted by molar-refractivity contribution is 7.13. The maximum atomic E-state index is 12.4. The van der Waals surface area contributed by atoms with Crippen LogP contribution in [0.3, 0.4) is 0 Å². The summed E-state index contributed by atoms with van der Waals surface area (Å²) in [5, 5.41) is 6.41. The van der Waals surface area contributed by atoms with Crippen molar-refractivity contribution in [3.63, 3.8) is 0 Å². The van der Waals surface area contributed by atoms with Gasteiger partial charge in [0.25, 0.3) is 5.91 Å². The van der Waals surface area contributed by atoms with Crippen LogP contribution in [-0.2, 0) is 0 Å². The first-order valence-corrected chi connectivity index (χ1v) is 8.53. The molecule has 2 heterocycles. The van der Waals surface area contributed by atoms with Gasteiger partial charge in [0, 0.05) is 18.1 Å². The number of amides is 1. The van der Waals surface area contributed by atoms with Gasteiger partial charge in [0.15, 0.2) is 11.5 Å². The van der Waals surface area contributed by atoms with E-state index in [2.05, 4.69) is 5.16 Å². The average molecular weight is 363 g/mol. The smallest absolute Gasteiger partial charge is 0.275 e. The van der Waals surface area contributed by atoms with Crippen LogP contribution in [0.2, 0.25) is 5.02 Å². The topological polar surface area (TPSA) is 55.6 Å². The first-order chi connectivity index (χ1) is 11.6. The van der Waals surface area contributed by atoms with Crippen LogP contribution >= 0.6 is 22.9 Å². The van der Waals surface area contributed by atoms with Gasteiger partial charge in [-0.1, -0.05) is 28.9 Å². The monoisotopic (exact) mass is 362 g/mol. The molecule has 0 atom stereocenters. The van der Waals surface area contributed by atoms with Crippen molar-refractivity contribution in [2.75, 3.05) is 20.2 Å². The summed E-state index contributed by atoms with van der Waals surface area (Å²) >= 11 is 7.43. The molecule has 0 N–H and O–H groups in total. The van der Waals surface area contributed by atoms with Gasteiger partial charge in [-0.25, -0.2) is 0 Å². The fraction of sp³-hybridized carbons (Fsp3) is 0.176. The third-order valence-corrected chi connectivity index (χ3v) is 4.45. The normalized spacial score (nSPS) is 10.6. The summed E-state index contributed by atoms with van der Waals surface area (Å²) in [6.07, 6.45) is 0. The molecular formula is C17H15ClN2O3S. The zero-order chi connectivity index (χ0) is 16.9. The van der Waals surface area contributed by atoms with Crippen LogP contribution in [-0.4, -0.2) is 36.2 Å². The summed E-state index contributed by atoms with van der Waals surface area (Å²) in [7, 11) is 1.70. The first-order valence-electron chi connectivity index (χ1n) is 7.28. The summed E-state index contributed by atoms with van der Waals surface area (Å²) < 4.78 is 10.8. The molecule has 0 bridgehead atoms. The molecule has 3 rings (SSSR count). The lowest BCUT2D eigenvalue weighted by atomic mass is 10.3. The summed E-state index contributed by atoms with van der Waals surface area (Å²) in [5.41, 5.74) is 0.281. The van der Waals surface area contributed by atoms with Crippen molar-refractivity contribution in [2.24, 2.45) is 0 Å². The summed E-state index contributed by atoms with van der Waals surface area (Å²) in [4.78, 5) is 14.8. The second-order valence-corrected chi connectivity index (χ2v) is 6.47. The van der Waals surface area contributed by atoms with Crippen LogP contribution in [0.25, 0.3) is 10.6 Å². The lowest BCUT2D eigenvalue weighted by molar-refractivity contribution is 0.0763. The van der Waals surface area contributed by atoms with Gasteiger partial charge in [0.1, 0.15) is 12.4 Å². The van der Waals surface area contributed by atoms with Gasteiger partial charge >= 0.3 is 0 Å². The molecule has 24 heavy (non-hydrogen) atoms. The molecule has 3 aromatic rings. The fourth-order valence-corrected chi connectivity index (χ4v) is 2.92. The number of hydrogen-bond acceptors (Lipinski definition) is 5. The van der Waals surface area contributed by atoms with Crippen molar-refractivity contribution in [2.45, 2.75) is 0 Å². The van der Waals surface area contributed by atoms with E-state index in [0.29, 0.717) is 29.7 Å². The Labute approximate surface area is 148 Å². The van der Waals surface area contributed by atoms with Crippen LogP contribution in [0.1, 0.15) is 10.5 Å². The van der Waals surface area contributed by atoms with Crippen molar-refractivity contribution in [3.8, 4) is 16.4 Å². The van der Waals surface area contributed by atoms with Gasteiger partial charge in [-0.2, -0.15) is 0 Å². The minimum Gasteiger partial charge on any atom is -0.492 e. The SMILES string of the molecule is CN(CCOc1cccc(Cl)c1)C(=O)c1cc(-c2cccs2)on1. The molecule has 0 spiro atoms.